The zero-order valence-electron chi connectivity index (χ0n) is 12.2. The molecular weight excluding hydrogens is 354 g/mol. The summed E-state index contributed by atoms with van der Waals surface area (Å²) in [4.78, 5) is 25.8. The zero-order chi connectivity index (χ0) is 15.7. The number of halogens is 1. The molecule has 0 saturated carbocycles. The van der Waals surface area contributed by atoms with E-state index in [-0.39, 0.29) is 17.2 Å². The molecule has 1 heterocycles. The summed E-state index contributed by atoms with van der Waals surface area (Å²) in [6, 6.07) is 4.68. The maximum atomic E-state index is 12.8. The number of carboxylic acid groups (broad SMARTS) is 1. The van der Waals surface area contributed by atoms with Crippen molar-refractivity contribution in [1.82, 2.24) is 4.90 Å². The maximum Gasteiger partial charge on any atom is 0.327 e. The fourth-order valence-corrected chi connectivity index (χ4v) is 4.44. The number of nitrogens with zero attached hydrogens (tertiary/aromatic N) is 1. The Morgan fingerprint density at radius 3 is 2.62 bits per heavy atom. The summed E-state index contributed by atoms with van der Waals surface area (Å²) >= 11 is 4.92. The van der Waals surface area contributed by atoms with Gasteiger partial charge in [-0.25, -0.2) is 4.79 Å². The third kappa shape index (κ3) is 3.26. The number of carbonyl (C=O) groups excluding carboxylic acids is 1. The van der Waals surface area contributed by atoms with Crippen molar-refractivity contribution in [2.24, 2.45) is 5.92 Å². The van der Waals surface area contributed by atoms with Crippen LogP contribution >= 0.6 is 27.7 Å². The van der Waals surface area contributed by atoms with Gasteiger partial charge in [0, 0.05) is 15.8 Å². The highest BCUT2D eigenvalue weighted by Crippen LogP contribution is 2.35. The molecule has 0 aliphatic carbocycles. The Hall–Kier alpha value is -1.01. The Morgan fingerprint density at radius 2 is 2.10 bits per heavy atom. The van der Waals surface area contributed by atoms with E-state index in [0.29, 0.717) is 11.3 Å². The fourth-order valence-electron chi connectivity index (χ4n) is 2.49. The van der Waals surface area contributed by atoms with Crippen LogP contribution in [0.15, 0.2) is 22.7 Å². The Kier molecular flexibility index (Phi) is 4.99. The molecule has 1 amide bonds. The van der Waals surface area contributed by atoms with E-state index in [1.165, 1.54) is 4.90 Å². The van der Waals surface area contributed by atoms with Crippen molar-refractivity contribution >= 4 is 39.6 Å². The first kappa shape index (κ1) is 16.4. The molecule has 114 valence electrons. The number of carboxylic acids is 1. The van der Waals surface area contributed by atoms with Crippen molar-refractivity contribution in [3.8, 4) is 0 Å². The van der Waals surface area contributed by atoms with Gasteiger partial charge in [0.25, 0.3) is 5.91 Å². The highest BCUT2D eigenvalue weighted by atomic mass is 79.9. The first-order valence-electron chi connectivity index (χ1n) is 6.76. The van der Waals surface area contributed by atoms with Crippen LogP contribution in [0.2, 0.25) is 0 Å². The molecule has 1 aromatic carbocycles. The van der Waals surface area contributed by atoms with Crippen LogP contribution < -0.4 is 0 Å². The summed E-state index contributed by atoms with van der Waals surface area (Å²) in [6.45, 7) is 5.88. The Labute approximate surface area is 137 Å². The number of hydrogen-bond acceptors (Lipinski definition) is 3. The molecule has 0 spiro atoms. The number of hydrogen-bond donors (Lipinski definition) is 1. The predicted molar refractivity (Wildman–Crippen MR) is 87.6 cm³/mol. The van der Waals surface area contributed by atoms with E-state index in [0.717, 1.165) is 10.0 Å². The second-order valence-corrected chi connectivity index (χ2v) is 7.56. The monoisotopic (exact) mass is 371 g/mol. The van der Waals surface area contributed by atoms with Gasteiger partial charge in [-0.3, -0.25) is 4.79 Å². The van der Waals surface area contributed by atoms with Gasteiger partial charge in [0.1, 0.15) is 6.04 Å². The molecule has 2 unspecified atom stereocenters. The summed E-state index contributed by atoms with van der Waals surface area (Å²) in [5.74, 6) is -0.483. The van der Waals surface area contributed by atoms with Gasteiger partial charge in [-0.1, -0.05) is 29.8 Å². The van der Waals surface area contributed by atoms with Gasteiger partial charge >= 0.3 is 5.97 Å². The molecule has 1 saturated heterocycles. The summed E-state index contributed by atoms with van der Waals surface area (Å²) < 4.78 is 0.905. The van der Waals surface area contributed by atoms with Gasteiger partial charge in [-0.15, -0.1) is 11.8 Å². The minimum atomic E-state index is -0.936. The second-order valence-electron chi connectivity index (χ2n) is 5.49. The van der Waals surface area contributed by atoms with Crippen molar-refractivity contribution in [3.05, 3.63) is 33.8 Å². The summed E-state index contributed by atoms with van der Waals surface area (Å²) in [7, 11) is 0. The summed E-state index contributed by atoms with van der Waals surface area (Å²) in [5.41, 5.74) is 1.41. The number of aryl methyl sites for hydroxylation is 1. The lowest BCUT2D eigenvalue weighted by Gasteiger charge is -2.30. The second kappa shape index (κ2) is 6.40. The highest BCUT2D eigenvalue weighted by Gasteiger charge is 2.43. The van der Waals surface area contributed by atoms with Gasteiger partial charge in [0.05, 0.1) is 5.37 Å². The molecule has 1 aliphatic heterocycles. The average molecular weight is 372 g/mol. The van der Waals surface area contributed by atoms with Crippen LogP contribution in [0.3, 0.4) is 0 Å². The minimum Gasteiger partial charge on any atom is -0.480 e. The molecular formula is C15H18BrNO3S. The molecule has 0 radical (unpaired) electrons. The molecule has 1 N–H and O–H groups in total. The van der Waals surface area contributed by atoms with Gasteiger partial charge < -0.3 is 10.0 Å². The van der Waals surface area contributed by atoms with Crippen molar-refractivity contribution < 1.29 is 14.7 Å². The van der Waals surface area contributed by atoms with E-state index >= 15 is 0 Å². The van der Waals surface area contributed by atoms with Crippen LogP contribution in [0.25, 0.3) is 0 Å². The molecule has 0 bridgehead atoms. The van der Waals surface area contributed by atoms with Gasteiger partial charge in [-0.2, -0.15) is 0 Å². The lowest BCUT2D eigenvalue weighted by atomic mass is 10.1. The van der Waals surface area contributed by atoms with Crippen molar-refractivity contribution in [2.75, 3.05) is 5.75 Å². The van der Waals surface area contributed by atoms with Crippen molar-refractivity contribution in [2.45, 2.75) is 32.2 Å². The summed E-state index contributed by atoms with van der Waals surface area (Å²) in [6.07, 6.45) is 0. The number of rotatable bonds is 3. The third-order valence-electron chi connectivity index (χ3n) is 3.54. The van der Waals surface area contributed by atoms with E-state index in [1.54, 1.807) is 17.8 Å². The van der Waals surface area contributed by atoms with E-state index in [9.17, 15) is 14.7 Å². The lowest BCUT2D eigenvalue weighted by Crippen LogP contribution is -2.47. The fraction of sp³-hybridized carbons (Fsp3) is 0.467. The standard InChI is InChI=1S/C15H18BrNO3S/c1-8(2)14-17(12(7-21-14)15(19)20)13(18)11-5-4-10(16)6-9(11)3/h4-6,8,12,14H,7H2,1-3H3,(H,19,20). The number of benzene rings is 1. The van der Waals surface area contributed by atoms with Crippen LogP contribution in [-0.4, -0.2) is 39.1 Å². The average Bonchev–Trinajstić information content (AvgIpc) is 2.82. The number of amides is 1. The van der Waals surface area contributed by atoms with E-state index in [2.05, 4.69) is 15.9 Å². The molecule has 4 nitrogen and oxygen atoms in total. The molecule has 1 aliphatic rings. The van der Waals surface area contributed by atoms with Gasteiger partial charge in [0.2, 0.25) is 0 Å². The number of carbonyl (C=O) groups is 2. The lowest BCUT2D eigenvalue weighted by molar-refractivity contribution is -0.141. The summed E-state index contributed by atoms with van der Waals surface area (Å²) in [5, 5.41) is 9.28. The third-order valence-corrected chi connectivity index (χ3v) is 5.66. The Balaban J connectivity index is 2.39. The van der Waals surface area contributed by atoms with Crippen LogP contribution in [0, 0.1) is 12.8 Å². The Bertz CT molecular complexity index is 576. The maximum absolute atomic E-state index is 12.8. The predicted octanol–water partition coefficient (Wildman–Crippen LogP) is 3.38. The molecule has 21 heavy (non-hydrogen) atoms. The SMILES string of the molecule is Cc1cc(Br)ccc1C(=O)N1C(C(=O)O)CSC1C(C)C. The van der Waals surface area contributed by atoms with Gasteiger partial charge in [-0.05, 0) is 36.6 Å². The molecule has 2 rings (SSSR count). The smallest absolute Gasteiger partial charge is 0.327 e. The van der Waals surface area contributed by atoms with Crippen LogP contribution in [0.4, 0.5) is 0 Å². The van der Waals surface area contributed by atoms with Crippen LogP contribution in [0.5, 0.6) is 0 Å². The van der Waals surface area contributed by atoms with Crippen LogP contribution in [0.1, 0.15) is 29.8 Å². The van der Waals surface area contributed by atoms with Gasteiger partial charge in [0.15, 0.2) is 0 Å². The first-order chi connectivity index (χ1) is 9.82. The Morgan fingerprint density at radius 1 is 1.43 bits per heavy atom. The number of aliphatic carboxylic acids is 1. The topological polar surface area (TPSA) is 57.6 Å². The number of thioether (sulfide) groups is 1. The van der Waals surface area contributed by atoms with Crippen LogP contribution in [-0.2, 0) is 4.79 Å². The normalized spacial score (nSPS) is 21.9. The van der Waals surface area contributed by atoms with E-state index < -0.39 is 12.0 Å². The molecule has 2 atom stereocenters. The van der Waals surface area contributed by atoms with E-state index in [1.807, 2.05) is 32.9 Å². The first-order valence-corrected chi connectivity index (χ1v) is 8.60. The highest BCUT2D eigenvalue weighted by molar-refractivity contribution is 9.10. The van der Waals surface area contributed by atoms with Crippen molar-refractivity contribution in [1.29, 1.82) is 0 Å². The largest absolute Gasteiger partial charge is 0.480 e. The molecule has 1 fully saturated rings. The molecule has 1 aromatic rings. The minimum absolute atomic E-state index is 0.0957. The zero-order valence-corrected chi connectivity index (χ0v) is 14.6. The molecule has 6 heteroatoms. The van der Waals surface area contributed by atoms with E-state index in [4.69, 9.17) is 0 Å². The van der Waals surface area contributed by atoms with Crippen molar-refractivity contribution in [3.63, 3.8) is 0 Å². The quantitative estimate of drug-likeness (QED) is 0.884. The molecule has 0 aromatic heterocycles.